The summed E-state index contributed by atoms with van der Waals surface area (Å²) in [6.07, 6.45) is 0.868. The Balaban J connectivity index is 1.69. The summed E-state index contributed by atoms with van der Waals surface area (Å²) in [5.41, 5.74) is 3.23. The molecule has 2 aromatic carbocycles. The number of nitrogens with zero attached hydrogens (tertiary/aromatic N) is 1. The number of halogens is 1. The van der Waals surface area contributed by atoms with Crippen molar-refractivity contribution in [2.45, 2.75) is 32.0 Å². The van der Waals surface area contributed by atoms with Crippen LogP contribution >= 0.6 is 0 Å². The molecular formula is C21H27FN2O. The van der Waals surface area contributed by atoms with Gasteiger partial charge >= 0.3 is 0 Å². The topological polar surface area (TPSA) is 35.5 Å². The molecule has 0 aromatic heterocycles. The van der Waals surface area contributed by atoms with Gasteiger partial charge in [-0.3, -0.25) is 4.90 Å². The normalized spacial score (nSPS) is 23.9. The highest BCUT2D eigenvalue weighted by Gasteiger charge is 2.40. The Labute approximate surface area is 149 Å². The molecule has 1 heterocycles. The lowest BCUT2D eigenvalue weighted by atomic mass is 9.92. The van der Waals surface area contributed by atoms with Crippen LogP contribution in [0.2, 0.25) is 0 Å². The number of hydrogen-bond acceptors (Lipinski definition) is 3. The molecule has 2 aromatic rings. The molecule has 0 spiro atoms. The smallest absolute Gasteiger partial charge is 0.127 e. The maximum atomic E-state index is 14.3. The Morgan fingerprint density at radius 2 is 1.88 bits per heavy atom. The van der Waals surface area contributed by atoms with E-state index >= 15 is 0 Å². The van der Waals surface area contributed by atoms with E-state index in [1.54, 1.807) is 6.07 Å². The van der Waals surface area contributed by atoms with Gasteiger partial charge < -0.3 is 10.4 Å². The van der Waals surface area contributed by atoms with Gasteiger partial charge in [-0.1, -0.05) is 48.0 Å². The van der Waals surface area contributed by atoms with Gasteiger partial charge in [0.25, 0.3) is 0 Å². The second kappa shape index (κ2) is 8.09. The number of hydrogen-bond donors (Lipinski definition) is 2. The van der Waals surface area contributed by atoms with Crippen molar-refractivity contribution in [2.75, 3.05) is 20.2 Å². The van der Waals surface area contributed by atoms with E-state index in [1.807, 2.05) is 19.2 Å². The minimum Gasteiger partial charge on any atom is -0.395 e. The highest BCUT2D eigenvalue weighted by molar-refractivity contribution is 5.24. The van der Waals surface area contributed by atoms with Crippen LogP contribution in [0.1, 0.15) is 29.2 Å². The molecule has 0 aliphatic carbocycles. The third-order valence-corrected chi connectivity index (χ3v) is 5.33. The van der Waals surface area contributed by atoms with E-state index in [0.717, 1.165) is 25.1 Å². The molecule has 3 nitrogen and oxygen atoms in total. The van der Waals surface area contributed by atoms with E-state index in [9.17, 15) is 9.50 Å². The summed E-state index contributed by atoms with van der Waals surface area (Å²) in [5.74, 6) is 0.103. The standard InChI is InChI=1S/C21H27FN2O/c1-15-7-9-16(10-8-15)12-23-13-17-11-18(14-25)24(2)21(17)19-5-3-4-6-20(19)22/h3-10,17-18,21,23,25H,11-14H2,1-2H3/t17-,18+,21-/m1/s1. The van der Waals surface area contributed by atoms with Crippen LogP contribution in [0, 0.1) is 18.7 Å². The number of nitrogens with one attached hydrogen (secondary N) is 1. The lowest BCUT2D eigenvalue weighted by molar-refractivity contribution is 0.151. The second-order valence-electron chi connectivity index (χ2n) is 7.08. The van der Waals surface area contributed by atoms with E-state index < -0.39 is 0 Å². The van der Waals surface area contributed by atoms with E-state index in [4.69, 9.17) is 0 Å². The molecule has 0 bridgehead atoms. The highest BCUT2D eigenvalue weighted by Crippen LogP contribution is 2.40. The van der Waals surface area contributed by atoms with E-state index in [-0.39, 0.29) is 30.4 Å². The van der Waals surface area contributed by atoms with Crippen LogP contribution in [-0.4, -0.2) is 36.2 Å². The molecule has 2 N–H and O–H groups in total. The predicted molar refractivity (Wildman–Crippen MR) is 98.8 cm³/mol. The Morgan fingerprint density at radius 1 is 1.16 bits per heavy atom. The quantitative estimate of drug-likeness (QED) is 0.846. The summed E-state index contributed by atoms with van der Waals surface area (Å²) in [7, 11) is 1.98. The van der Waals surface area contributed by atoms with Crippen LogP contribution < -0.4 is 5.32 Å². The fourth-order valence-electron chi connectivity index (χ4n) is 3.90. The van der Waals surface area contributed by atoms with Crippen LogP contribution in [0.25, 0.3) is 0 Å². The first-order valence-electron chi connectivity index (χ1n) is 8.93. The average Bonchev–Trinajstić information content (AvgIpc) is 2.93. The molecule has 0 radical (unpaired) electrons. The molecule has 0 saturated carbocycles. The minimum absolute atomic E-state index is 0.0103. The summed E-state index contributed by atoms with van der Waals surface area (Å²) in [6, 6.07) is 15.6. The van der Waals surface area contributed by atoms with Crippen molar-refractivity contribution in [1.29, 1.82) is 0 Å². The Morgan fingerprint density at radius 3 is 2.56 bits per heavy atom. The van der Waals surface area contributed by atoms with Crippen molar-refractivity contribution in [3.05, 3.63) is 71.0 Å². The number of likely N-dealkylation sites (N-methyl/N-ethyl adjacent to an activating group) is 1. The summed E-state index contributed by atoms with van der Waals surface area (Å²) < 4.78 is 14.3. The summed E-state index contributed by atoms with van der Waals surface area (Å²) in [6.45, 7) is 3.79. The second-order valence-corrected chi connectivity index (χ2v) is 7.08. The van der Waals surface area contributed by atoms with Gasteiger partial charge in [-0.2, -0.15) is 0 Å². The lowest BCUT2D eigenvalue weighted by Gasteiger charge is -2.28. The summed E-state index contributed by atoms with van der Waals surface area (Å²) in [4.78, 5) is 2.12. The number of likely N-dealkylation sites (tertiary alicyclic amines) is 1. The Bertz CT molecular complexity index is 689. The number of aliphatic hydroxyl groups is 1. The Kier molecular flexibility index (Phi) is 5.84. The van der Waals surface area contributed by atoms with Gasteiger partial charge in [-0.15, -0.1) is 0 Å². The first-order valence-corrected chi connectivity index (χ1v) is 8.93. The number of benzene rings is 2. The summed E-state index contributed by atoms with van der Waals surface area (Å²) >= 11 is 0. The van der Waals surface area contributed by atoms with Gasteiger partial charge in [0.2, 0.25) is 0 Å². The monoisotopic (exact) mass is 342 g/mol. The molecule has 0 amide bonds. The summed E-state index contributed by atoms with van der Waals surface area (Å²) in [5, 5.41) is 13.2. The third-order valence-electron chi connectivity index (χ3n) is 5.33. The van der Waals surface area contributed by atoms with Crippen molar-refractivity contribution in [3.63, 3.8) is 0 Å². The SMILES string of the molecule is Cc1ccc(CNC[C@H]2C[C@@H](CO)N(C)[C@H]2c2ccccc2F)cc1. The Hall–Kier alpha value is -1.75. The maximum Gasteiger partial charge on any atom is 0.127 e. The van der Waals surface area contributed by atoms with Gasteiger partial charge in [-0.25, -0.2) is 4.39 Å². The molecule has 0 unspecified atom stereocenters. The first-order chi connectivity index (χ1) is 12.1. The van der Waals surface area contributed by atoms with Gasteiger partial charge in [0.15, 0.2) is 0 Å². The molecule has 4 heteroatoms. The zero-order valence-electron chi connectivity index (χ0n) is 15.0. The van der Waals surface area contributed by atoms with Gasteiger partial charge in [0, 0.05) is 30.7 Å². The predicted octanol–water partition coefficient (Wildman–Crippen LogP) is 3.28. The van der Waals surface area contributed by atoms with Gasteiger partial charge in [-0.05, 0) is 37.9 Å². The minimum atomic E-state index is -0.165. The largest absolute Gasteiger partial charge is 0.395 e. The van der Waals surface area contributed by atoms with E-state index in [0.29, 0.717) is 0 Å². The van der Waals surface area contributed by atoms with Crippen LogP contribution in [0.15, 0.2) is 48.5 Å². The van der Waals surface area contributed by atoms with Crippen molar-refractivity contribution >= 4 is 0 Å². The van der Waals surface area contributed by atoms with Crippen molar-refractivity contribution in [1.82, 2.24) is 10.2 Å². The molecule has 3 rings (SSSR count). The molecule has 1 aliphatic heterocycles. The zero-order valence-corrected chi connectivity index (χ0v) is 15.0. The van der Waals surface area contributed by atoms with Crippen LogP contribution in [0.4, 0.5) is 4.39 Å². The molecule has 134 valence electrons. The van der Waals surface area contributed by atoms with Crippen molar-refractivity contribution < 1.29 is 9.50 Å². The molecule has 25 heavy (non-hydrogen) atoms. The number of aliphatic hydroxyl groups excluding tert-OH is 1. The average molecular weight is 342 g/mol. The molecule has 1 saturated heterocycles. The van der Waals surface area contributed by atoms with Crippen molar-refractivity contribution in [2.24, 2.45) is 5.92 Å². The molecule has 3 atom stereocenters. The fraction of sp³-hybridized carbons (Fsp3) is 0.429. The van der Waals surface area contributed by atoms with Gasteiger partial charge in [0.05, 0.1) is 6.61 Å². The number of aryl methyl sites for hydroxylation is 1. The fourth-order valence-corrected chi connectivity index (χ4v) is 3.90. The van der Waals surface area contributed by atoms with Crippen LogP contribution in [0.5, 0.6) is 0 Å². The molecule has 1 fully saturated rings. The molecule has 1 aliphatic rings. The van der Waals surface area contributed by atoms with Crippen LogP contribution in [-0.2, 0) is 6.54 Å². The van der Waals surface area contributed by atoms with E-state index in [2.05, 4.69) is 41.4 Å². The van der Waals surface area contributed by atoms with Crippen LogP contribution in [0.3, 0.4) is 0 Å². The maximum absolute atomic E-state index is 14.3. The van der Waals surface area contributed by atoms with Gasteiger partial charge in [0.1, 0.15) is 5.82 Å². The van der Waals surface area contributed by atoms with E-state index in [1.165, 1.54) is 17.2 Å². The zero-order chi connectivity index (χ0) is 17.8. The number of rotatable bonds is 6. The first kappa shape index (κ1) is 18.1. The third kappa shape index (κ3) is 4.09. The lowest BCUT2D eigenvalue weighted by Crippen LogP contribution is -2.32. The van der Waals surface area contributed by atoms with Crippen molar-refractivity contribution in [3.8, 4) is 0 Å². The molecular weight excluding hydrogens is 315 g/mol. The highest BCUT2D eigenvalue weighted by atomic mass is 19.1.